The number of fused-ring (bicyclic) bond motifs is 1. The van der Waals surface area contributed by atoms with Crippen molar-refractivity contribution >= 4 is 28.7 Å². The maximum Gasteiger partial charge on any atom is 0.335 e. The van der Waals surface area contributed by atoms with Crippen molar-refractivity contribution in [1.82, 2.24) is 0 Å². The van der Waals surface area contributed by atoms with Crippen LogP contribution in [0.2, 0.25) is 0 Å². The number of nitrogens with zero attached hydrogens (tertiary/aromatic N) is 4. The number of carboxylic acid groups (broad SMARTS) is 1. The van der Waals surface area contributed by atoms with Gasteiger partial charge < -0.3 is 10.0 Å². The van der Waals surface area contributed by atoms with Gasteiger partial charge in [0.1, 0.15) is 11.4 Å². The average molecular weight is 350 g/mol. The van der Waals surface area contributed by atoms with E-state index in [4.69, 9.17) is 5.11 Å². The maximum absolute atomic E-state index is 11.0. The van der Waals surface area contributed by atoms with E-state index < -0.39 is 5.97 Å². The predicted octanol–water partition coefficient (Wildman–Crippen LogP) is 5.44. The molecule has 1 aliphatic heterocycles. The Labute approximate surface area is 150 Å². The lowest BCUT2D eigenvalue weighted by Crippen LogP contribution is -2.21. The van der Waals surface area contributed by atoms with Gasteiger partial charge in [-0.2, -0.15) is 5.11 Å². The van der Waals surface area contributed by atoms with Crippen molar-refractivity contribution in [2.75, 3.05) is 11.9 Å². The van der Waals surface area contributed by atoms with Crippen molar-refractivity contribution < 1.29 is 9.90 Å². The standard InChI is InChI=1S/C19H18N4O3/c1-11-19(2,3)14-10-13(6-8-17(14)23(11)4)20-21-15-7-5-12(18(24)25)9-16(15)22-26/h5-10H,1H2,2-4H3,(H,24,25)/b21-20-. The van der Waals surface area contributed by atoms with Crippen molar-refractivity contribution in [2.45, 2.75) is 19.3 Å². The number of nitroso groups, excluding NO2 is 1. The van der Waals surface area contributed by atoms with Gasteiger partial charge in [-0.25, -0.2) is 4.79 Å². The minimum Gasteiger partial charge on any atom is -0.478 e. The first-order chi connectivity index (χ1) is 12.3. The van der Waals surface area contributed by atoms with Crippen LogP contribution in [0.15, 0.2) is 64.1 Å². The summed E-state index contributed by atoms with van der Waals surface area (Å²) in [5, 5.41) is 20.1. The summed E-state index contributed by atoms with van der Waals surface area (Å²) in [7, 11) is 1.98. The second kappa shape index (κ2) is 6.18. The summed E-state index contributed by atoms with van der Waals surface area (Å²) < 4.78 is 0. The highest BCUT2D eigenvalue weighted by molar-refractivity contribution is 5.90. The molecule has 0 spiro atoms. The molecular weight excluding hydrogens is 332 g/mol. The van der Waals surface area contributed by atoms with Crippen LogP contribution in [0, 0.1) is 4.91 Å². The van der Waals surface area contributed by atoms with E-state index in [-0.39, 0.29) is 22.4 Å². The fourth-order valence-electron chi connectivity index (χ4n) is 3.03. The molecule has 0 aromatic heterocycles. The molecule has 0 atom stereocenters. The van der Waals surface area contributed by atoms with Crippen LogP contribution in [-0.4, -0.2) is 18.1 Å². The Morgan fingerprint density at radius 2 is 1.85 bits per heavy atom. The molecule has 0 aliphatic carbocycles. The molecule has 3 rings (SSSR count). The number of allylic oxidation sites excluding steroid dienone is 1. The molecule has 0 saturated heterocycles. The van der Waals surface area contributed by atoms with Crippen molar-refractivity contribution in [3.63, 3.8) is 0 Å². The summed E-state index contributed by atoms with van der Waals surface area (Å²) in [6, 6.07) is 9.66. The third kappa shape index (κ3) is 2.77. The lowest BCUT2D eigenvalue weighted by Gasteiger charge is -2.22. The van der Waals surface area contributed by atoms with Gasteiger partial charge in [-0.1, -0.05) is 20.4 Å². The van der Waals surface area contributed by atoms with Crippen LogP contribution < -0.4 is 4.90 Å². The molecule has 7 nitrogen and oxygen atoms in total. The minimum atomic E-state index is -1.14. The van der Waals surface area contributed by atoms with Crippen molar-refractivity contribution in [2.24, 2.45) is 15.4 Å². The van der Waals surface area contributed by atoms with Crippen LogP contribution in [-0.2, 0) is 5.41 Å². The van der Waals surface area contributed by atoms with E-state index >= 15 is 0 Å². The molecule has 0 unspecified atom stereocenters. The zero-order valence-corrected chi connectivity index (χ0v) is 14.7. The Kier molecular flexibility index (Phi) is 4.15. The molecule has 1 heterocycles. The average Bonchev–Trinajstić information content (AvgIpc) is 2.80. The Morgan fingerprint density at radius 3 is 2.50 bits per heavy atom. The third-order valence-corrected chi connectivity index (χ3v) is 4.74. The number of azo groups is 1. The highest BCUT2D eigenvalue weighted by Gasteiger charge is 2.37. The van der Waals surface area contributed by atoms with Crippen LogP contribution in [0.25, 0.3) is 0 Å². The summed E-state index contributed by atoms with van der Waals surface area (Å²) in [5.74, 6) is -1.14. The molecule has 1 aliphatic rings. The number of aromatic carboxylic acids is 1. The lowest BCUT2D eigenvalue weighted by atomic mass is 9.84. The van der Waals surface area contributed by atoms with E-state index in [0.29, 0.717) is 5.69 Å². The van der Waals surface area contributed by atoms with Gasteiger partial charge >= 0.3 is 5.97 Å². The zero-order chi connectivity index (χ0) is 19.1. The van der Waals surface area contributed by atoms with Gasteiger partial charge in [0.15, 0.2) is 0 Å². The smallest absolute Gasteiger partial charge is 0.335 e. The summed E-state index contributed by atoms with van der Waals surface area (Å²) in [4.78, 5) is 24.0. The van der Waals surface area contributed by atoms with Crippen LogP contribution in [0.3, 0.4) is 0 Å². The molecule has 2 aromatic rings. The molecule has 132 valence electrons. The number of carboxylic acids is 1. The molecule has 0 saturated carbocycles. The second-order valence-electron chi connectivity index (χ2n) is 6.63. The number of hydrogen-bond acceptors (Lipinski definition) is 6. The number of anilines is 1. The number of benzene rings is 2. The van der Waals surface area contributed by atoms with Gasteiger partial charge in [-0.15, -0.1) is 10.0 Å². The normalized spacial score (nSPS) is 15.3. The Bertz CT molecular complexity index is 963. The Morgan fingerprint density at radius 1 is 1.12 bits per heavy atom. The van der Waals surface area contributed by atoms with E-state index in [1.807, 2.05) is 25.2 Å². The third-order valence-electron chi connectivity index (χ3n) is 4.74. The summed E-state index contributed by atoms with van der Waals surface area (Å²) in [5.41, 5.74) is 3.69. The van der Waals surface area contributed by atoms with Gasteiger partial charge in [0.2, 0.25) is 0 Å². The van der Waals surface area contributed by atoms with Crippen molar-refractivity contribution in [3.05, 3.63) is 64.7 Å². The molecule has 7 heteroatoms. The highest BCUT2D eigenvalue weighted by Crippen LogP contribution is 2.47. The van der Waals surface area contributed by atoms with E-state index in [9.17, 15) is 9.70 Å². The monoisotopic (exact) mass is 350 g/mol. The fraction of sp³-hybridized carbons (Fsp3) is 0.211. The highest BCUT2D eigenvalue weighted by atomic mass is 16.4. The van der Waals surface area contributed by atoms with Gasteiger partial charge in [0.25, 0.3) is 0 Å². The molecule has 0 bridgehead atoms. The largest absolute Gasteiger partial charge is 0.478 e. The molecule has 0 fully saturated rings. The van der Waals surface area contributed by atoms with E-state index in [1.165, 1.54) is 18.2 Å². The minimum absolute atomic E-state index is 0.0284. The summed E-state index contributed by atoms with van der Waals surface area (Å²) in [6.07, 6.45) is 0. The van der Waals surface area contributed by atoms with E-state index in [1.54, 1.807) is 0 Å². The number of hydrogen-bond donors (Lipinski definition) is 1. The second-order valence-corrected chi connectivity index (χ2v) is 6.63. The quantitative estimate of drug-likeness (QED) is 0.587. The number of likely N-dealkylation sites (N-methyl/N-ethyl adjacent to an activating group) is 1. The van der Waals surface area contributed by atoms with E-state index in [0.717, 1.165) is 16.9 Å². The van der Waals surface area contributed by atoms with Crippen LogP contribution >= 0.6 is 0 Å². The first-order valence-electron chi connectivity index (χ1n) is 7.96. The SMILES string of the molecule is C=C1N(C)c2ccc(/N=N\c3ccc(C(=O)O)cc3N=O)cc2C1(C)C. The number of carbonyl (C=O) groups is 1. The summed E-state index contributed by atoms with van der Waals surface area (Å²) >= 11 is 0. The van der Waals surface area contributed by atoms with E-state index in [2.05, 4.69) is 40.7 Å². The molecule has 1 N–H and O–H groups in total. The molecule has 0 amide bonds. The molecule has 26 heavy (non-hydrogen) atoms. The topological polar surface area (TPSA) is 94.7 Å². The first-order valence-corrected chi connectivity index (χ1v) is 7.96. The Balaban J connectivity index is 1.96. The lowest BCUT2D eigenvalue weighted by molar-refractivity contribution is 0.0697. The number of rotatable bonds is 4. The van der Waals surface area contributed by atoms with Gasteiger partial charge in [0, 0.05) is 23.8 Å². The maximum atomic E-state index is 11.0. The molecular formula is C19H18N4O3. The van der Waals surface area contributed by atoms with Crippen LogP contribution in [0.1, 0.15) is 29.8 Å². The van der Waals surface area contributed by atoms with Crippen LogP contribution in [0.4, 0.5) is 22.7 Å². The fourth-order valence-corrected chi connectivity index (χ4v) is 3.03. The zero-order valence-electron chi connectivity index (χ0n) is 14.7. The molecule has 0 radical (unpaired) electrons. The van der Waals surface area contributed by atoms with Crippen LogP contribution in [0.5, 0.6) is 0 Å². The van der Waals surface area contributed by atoms with Gasteiger partial charge in [0.05, 0.1) is 11.3 Å². The predicted molar refractivity (Wildman–Crippen MR) is 100 cm³/mol. The Hall–Kier alpha value is -3.35. The van der Waals surface area contributed by atoms with Gasteiger partial charge in [-0.05, 0) is 47.1 Å². The van der Waals surface area contributed by atoms with Crippen molar-refractivity contribution in [3.8, 4) is 0 Å². The van der Waals surface area contributed by atoms with Crippen molar-refractivity contribution in [1.29, 1.82) is 0 Å². The first kappa shape index (κ1) is 17.5. The van der Waals surface area contributed by atoms with Gasteiger partial charge in [-0.3, -0.25) is 0 Å². The molecule has 2 aromatic carbocycles. The summed E-state index contributed by atoms with van der Waals surface area (Å²) in [6.45, 7) is 8.34.